The molecule has 0 aromatic carbocycles. The molecular formula is C18H19FN8. The molecule has 0 spiro atoms. The molecule has 0 saturated heterocycles. The zero-order chi connectivity index (χ0) is 19.0. The third kappa shape index (κ3) is 3.62. The van der Waals surface area contributed by atoms with Crippen molar-refractivity contribution >= 4 is 17.0 Å². The van der Waals surface area contributed by atoms with E-state index in [9.17, 15) is 4.39 Å². The molecule has 27 heavy (non-hydrogen) atoms. The van der Waals surface area contributed by atoms with E-state index in [4.69, 9.17) is 0 Å². The third-order valence-electron chi connectivity index (χ3n) is 4.18. The first-order valence-corrected chi connectivity index (χ1v) is 8.55. The van der Waals surface area contributed by atoms with Gasteiger partial charge in [-0.05, 0) is 19.9 Å². The Bertz CT molecular complexity index is 1080. The Kier molecular flexibility index (Phi) is 4.27. The highest BCUT2D eigenvalue weighted by Crippen LogP contribution is 2.22. The van der Waals surface area contributed by atoms with Crippen molar-refractivity contribution in [1.29, 1.82) is 0 Å². The monoisotopic (exact) mass is 366 g/mol. The van der Waals surface area contributed by atoms with Gasteiger partial charge in [0.25, 0.3) is 0 Å². The first kappa shape index (κ1) is 17.1. The molecule has 2 N–H and O–H groups in total. The first-order chi connectivity index (χ1) is 13.0. The molecule has 0 radical (unpaired) electrons. The van der Waals surface area contributed by atoms with Crippen LogP contribution < -0.4 is 5.32 Å². The molecule has 9 heteroatoms. The standard InChI is InChI=1S/C18H19FN8/c1-10-4-14-15(5-13-8-27(3)9-22-13)25-18(26-17(14)23-10)24-11(2)16-20-6-12(19)7-21-16/h4,6-9,11H,5H2,1-3H3,(H2,23,24,25,26)/t11-/m0/s1. The second-order valence-corrected chi connectivity index (χ2v) is 6.54. The lowest BCUT2D eigenvalue weighted by Crippen LogP contribution is -2.13. The molecule has 0 aliphatic heterocycles. The first-order valence-electron chi connectivity index (χ1n) is 8.55. The Hall–Kier alpha value is -3.36. The lowest BCUT2D eigenvalue weighted by molar-refractivity contribution is 0.604. The van der Waals surface area contributed by atoms with Crippen molar-refractivity contribution in [1.82, 2.24) is 34.5 Å². The molecule has 0 saturated carbocycles. The number of rotatable bonds is 5. The van der Waals surface area contributed by atoms with Gasteiger partial charge < -0.3 is 14.9 Å². The second kappa shape index (κ2) is 6.75. The largest absolute Gasteiger partial charge is 0.344 e. The maximum atomic E-state index is 13.0. The quantitative estimate of drug-likeness (QED) is 0.564. The van der Waals surface area contributed by atoms with Crippen LogP contribution in [-0.2, 0) is 13.5 Å². The molecule has 0 bridgehead atoms. The Morgan fingerprint density at radius 2 is 2.00 bits per heavy atom. The molecule has 4 heterocycles. The van der Waals surface area contributed by atoms with Crippen molar-refractivity contribution in [3.63, 3.8) is 0 Å². The highest BCUT2D eigenvalue weighted by atomic mass is 19.1. The number of aryl methyl sites for hydroxylation is 2. The number of aromatic nitrogens is 7. The van der Waals surface area contributed by atoms with Crippen LogP contribution in [0.1, 0.15) is 35.9 Å². The maximum Gasteiger partial charge on any atom is 0.225 e. The SMILES string of the molecule is Cc1cc2c(Cc3cn(C)cn3)nc(N[C@@H](C)c3ncc(F)cn3)nc2[nH]1. The predicted octanol–water partition coefficient (Wildman–Crippen LogP) is 2.69. The van der Waals surface area contributed by atoms with Crippen LogP contribution in [0.2, 0.25) is 0 Å². The van der Waals surface area contributed by atoms with Crippen LogP contribution in [-0.4, -0.2) is 34.5 Å². The fraction of sp³-hybridized carbons (Fsp3) is 0.278. The van der Waals surface area contributed by atoms with E-state index < -0.39 is 5.82 Å². The lowest BCUT2D eigenvalue weighted by atomic mass is 10.2. The number of nitrogens with one attached hydrogen (secondary N) is 2. The van der Waals surface area contributed by atoms with Crippen LogP contribution in [0.15, 0.2) is 31.0 Å². The van der Waals surface area contributed by atoms with Gasteiger partial charge in [0.15, 0.2) is 5.82 Å². The molecule has 0 amide bonds. The summed E-state index contributed by atoms with van der Waals surface area (Å²) in [4.78, 5) is 24.9. The molecule has 0 aliphatic rings. The summed E-state index contributed by atoms with van der Waals surface area (Å²) >= 11 is 0. The third-order valence-corrected chi connectivity index (χ3v) is 4.18. The van der Waals surface area contributed by atoms with Gasteiger partial charge in [0.1, 0.15) is 11.5 Å². The van der Waals surface area contributed by atoms with Crippen molar-refractivity contribution in [2.45, 2.75) is 26.3 Å². The number of aromatic amines is 1. The minimum Gasteiger partial charge on any atom is -0.344 e. The van der Waals surface area contributed by atoms with Crippen molar-refractivity contribution in [2.75, 3.05) is 5.32 Å². The fourth-order valence-electron chi connectivity index (χ4n) is 2.94. The summed E-state index contributed by atoms with van der Waals surface area (Å²) in [5.41, 5.74) is 3.56. The smallest absolute Gasteiger partial charge is 0.225 e. The number of imidazole rings is 1. The molecule has 0 unspecified atom stereocenters. The summed E-state index contributed by atoms with van der Waals surface area (Å²) in [6.45, 7) is 3.85. The van der Waals surface area contributed by atoms with Gasteiger partial charge >= 0.3 is 0 Å². The number of fused-ring (bicyclic) bond motifs is 1. The summed E-state index contributed by atoms with van der Waals surface area (Å²) in [6, 6.07) is 1.76. The van der Waals surface area contributed by atoms with E-state index in [1.165, 1.54) is 0 Å². The Morgan fingerprint density at radius 3 is 2.70 bits per heavy atom. The van der Waals surface area contributed by atoms with Crippen molar-refractivity contribution in [3.8, 4) is 0 Å². The number of hydrogen-bond acceptors (Lipinski definition) is 6. The molecule has 8 nitrogen and oxygen atoms in total. The highest BCUT2D eigenvalue weighted by molar-refractivity contribution is 5.80. The van der Waals surface area contributed by atoms with Crippen LogP contribution in [0.4, 0.5) is 10.3 Å². The summed E-state index contributed by atoms with van der Waals surface area (Å²) < 4.78 is 14.9. The predicted molar refractivity (Wildman–Crippen MR) is 98.7 cm³/mol. The van der Waals surface area contributed by atoms with Gasteiger partial charge in [-0.1, -0.05) is 0 Å². The zero-order valence-electron chi connectivity index (χ0n) is 15.2. The van der Waals surface area contributed by atoms with E-state index in [1.54, 1.807) is 6.33 Å². The Balaban J connectivity index is 1.67. The maximum absolute atomic E-state index is 13.0. The summed E-state index contributed by atoms with van der Waals surface area (Å²) in [7, 11) is 1.93. The number of nitrogens with zero attached hydrogens (tertiary/aromatic N) is 6. The van der Waals surface area contributed by atoms with Gasteiger partial charge in [0, 0.05) is 30.7 Å². The number of H-pyrrole nitrogens is 1. The van der Waals surface area contributed by atoms with E-state index >= 15 is 0 Å². The van der Waals surface area contributed by atoms with E-state index in [-0.39, 0.29) is 6.04 Å². The number of anilines is 1. The normalized spacial score (nSPS) is 12.4. The van der Waals surface area contributed by atoms with Crippen LogP contribution >= 0.6 is 0 Å². The second-order valence-electron chi connectivity index (χ2n) is 6.54. The van der Waals surface area contributed by atoms with E-state index in [0.29, 0.717) is 18.2 Å². The molecule has 0 aliphatic carbocycles. The average Bonchev–Trinajstić information content (AvgIpc) is 3.20. The van der Waals surface area contributed by atoms with E-state index in [1.807, 2.05) is 37.7 Å². The molecule has 4 aromatic rings. The van der Waals surface area contributed by atoms with Gasteiger partial charge in [0.05, 0.1) is 36.2 Å². The molecule has 4 rings (SSSR count). The van der Waals surface area contributed by atoms with Gasteiger partial charge in [0.2, 0.25) is 5.95 Å². The molecule has 4 aromatic heterocycles. The summed E-state index contributed by atoms with van der Waals surface area (Å²) in [5, 5.41) is 4.16. The van der Waals surface area contributed by atoms with E-state index in [2.05, 4.69) is 35.2 Å². The highest BCUT2D eigenvalue weighted by Gasteiger charge is 2.15. The summed E-state index contributed by atoms with van der Waals surface area (Å²) in [6.07, 6.45) is 6.61. The summed E-state index contributed by atoms with van der Waals surface area (Å²) in [5.74, 6) is 0.452. The topological polar surface area (TPSA) is 97.2 Å². The average molecular weight is 366 g/mol. The molecule has 1 atom stereocenters. The minimum atomic E-state index is -0.469. The van der Waals surface area contributed by atoms with Crippen molar-refractivity contribution < 1.29 is 4.39 Å². The van der Waals surface area contributed by atoms with Crippen molar-refractivity contribution in [2.24, 2.45) is 7.05 Å². The van der Waals surface area contributed by atoms with Crippen LogP contribution in [0.25, 0.3) is 11.0 Å². The Morgan fingerprint density at radius 1 is 1.22 bits per heavy atom. The van der Waals surface area contributed by atoms with E-state index in [0.717, 1.165) is 40.5 Å². The minimum absolute atomic E-state index is 0.276. The van der Waals surface area contributed by atoms with Crippen molar-refractivity contribution in [3.05, 3.63) is 59.7 Å². The van der Waals surface area contributed by atoms with Crippen LogP contribution in [0, 0.1) is 12.7 Å². The zero-order valence-corrected chi connectivity index (χ0v) is 15.2. The van der Waals surface area contributed by atoms with Gasteiger partial charge in [-0.3, -0.25) is 0 Å². The van der Waals surface area contributed by atoms with Crippen LogP contribution in [0.5, 0.6) is 0 Å². The lowest BCUT2D eigenvalue weighted by Gasteiger charge is -2.13. The van der Waals surface area contributed by atoms with Crippen LogP contribution in [0.3, 0.4) is 0 Å². The molecular weight excluding hydrogens is 347 g/mol. The molecule has 0 fully saturated rings. The fourth-order valence-corrected chi connectivity index (χ4v) is 2.94. The molecule has 138 valence electrons. The van der Waals surface area contributed by atoms with Gasteiger partial charge in [-0.2, -0.15) is 4.98 Å². The Labute approximate surface area is 154 Å². The number of halogens is 1. The number of hydrogen-bond donors (Lipinski definition) is 2. The van der Waals surface area contributed by atoms with Gasteiger partial charge in [-0.15, -0.1) is 0 Å². The van der Waals surface area contributed by atoms with Gasteiger partial charge in [-0.25, -0.2) is 24.3 Å².